The summed E-state index contributed by atoms with van der Waals surface area (Å²) in [5.41, 5.74) is 42.9. The highest BCUT2D eigenvalue weighted by atomic mass is 15.2. The molecule has 12 aromatic carbocycles. The zero-order chi connectivity index (χ0) is 59.1. The van der Waals surface area contributed by atoms with E-state index in [1.165, 1.54) is 189 Å². The predicted molar refractivity (Wildman–Crippen MR) is 376 cm³/mol. The van der Waals surface area contributed by atoms with E-state index in [4.69, 9.17) is 0 Å². The minimum absolute atomic E-state index is 0.147. The summed E-state index contributed by atoms with van der Waals surface area (Å²) in [4.78, 5) is 5.10. The van der Waals surface area contributed by atoms with Crippen LogP contribution in [0.15, 0.2) is 231 Å². The van der Waals surface area contributed by atoms with Gasteiger partial charge in [0.2, 0.25) is 0 Å². The SMILES string of the molecule is Cc1ccc(-c2ccc(N3c4ccc(-c5ccc(C)cc5C)cc4B4c5c(cccc53)-c3cccc5c3n4c3c4cccc6c4n(c53)B3c4cc(-c5ccc(C)cc5C)ccc4N(c4ccc(-c5ccc(C)cc5C)cc4)c4cccc-6c43)cc2)c(C)c1. The van der Waals surface area contributed by atoms with Gasteiger partial charge in [-0.1, -0.05) is 204 Å². The highest BCUT2D eigenvalue weighted by Crippen LogP contribution is 2.52. The third kappa shape index (κ3) is 7.11. The molecule has 0 atom stereocenters. The van der Waals surface area contributed by atoms with Crippen LogP contribution in [-0.2, 0) is 0 Å². The minimum Gasteiger partial charge on any atom is -0.374 e. The zero-order valence-electron chi connectivity index (χ0n) is 50.9. The van der Waals surface area contributed by atoms with Gasteiger partial charge in [-0.15, -0.1) is 0 Å². The summed E-state index contributed by atoms with van der Waals surface area (Å²) in [6, 6.07) is 89.1. The van der Waals surface area contributed by atoms with Crippen molar-refractivity contribution in [1.29, 1.82) is 0 Å². The lowest BCUT2D eigenvalue weighted by Crippen LogP contribution is -2.56. The molecule has 18 rings (SSSR count). The first-order valence-corrected chi connectivity index (χ1v) is 31.2. The fourth-order valence-electron chi connectivity index (χ4n) is 16.5. The molecule has 0 saturated carbocycles. The Morgan fingerprint density at radius 2 is 0.580 bits per heavy atom. The van der Waals surface area contributed by atoms with E-state index in [2.05, 4.69) is 305 Å². The molecule has 0 N–H and O–H groups in total. The first-order valence-electron chi connectivity index (χ1n) is 31.2. The van der Waals surface area contributed by atoms with Crippen LogP contribution in [0.25, 0.3) is 99.6 Å². The number of aromatic nitrogens is 2. The fraction of sp³-hybridized carbons (Fsp3) is 0.0976. The molecule has 0 aliphatic carbocycles. The quantitative estimate of drug-likeness (QED) is 0.154. The van der Waals surface area contributed by atoms with Gasteiger partial charge in [0.05, 0.1) is 11.0 Å². The van der Waals surface area contributed by atoms with E-state index >= 15 is 0 Å². The molecule has 6 heterocycles. The van der Waals surface area contributed by atoms with Gasteiger partial charge >= 0.3 is 13.7 Å². The Balaban J connectivity index is 0.902. The molecule has 0 fully saturated rings. The summed E-state index contributed by atoms with van der Waals surface area (Å²) in [5.74, 6) is 0. The van der Waals surface area contributed by atoms with Crippen LogP contribution in [-0.4, -0.2) is 22.7 Å². The molecule has 416 valence electrons. The van der Waals surface area contributed by atoms with E-state index in [1.54, 1.807) is 0 Å². The summed E-state index contributed by atoms with van der Waals surface area (Å²) in [7, 11) is 0. The Bertz CT molecular complexity index is 5050. The molecule has 0 radical (unpaired) electrons. The molecule has 4 nitrogen and oxygen atoms in total. The molecule has 0 unspecified atom stereocenters. The van der Waals surface area contributed by atoms with Gasteiger partial charge in [-0.2, -0.15) is 0 Å². The van der Waals surface area contributed by atoms with E-state index in [1.807, 2.05) is 0 Å². The maximum Gasteiger partial charge on any atom is 0.333 e. The van der Waals surface area contributed by atoms with E-state index in [-0.39, 0.29) is 13.7 Å². The molecular formula is C82H62B2N4. The number of hydrogen-bond donors (Lipinski definition) is 0. The van der Waals surface area contributed by atoms with Gasteiger partial charge in [-0.25, -0.2) is 0 Å². The normalized spacial score (nSPS) is 13.1. The van der Waals surface area contributed by atoms with E-state index < -0.39 is 0 Å². The van der Waals surface area contributed by atoms with Crippen LogP contribution in [0.3, 0.4) is 0 Å². The van der Waals surface area contributed by atoms with Crippen LogP contribution < -0.4 is 31.7 Å². The first-order chi connectivity index (χ1) is 42.9. The van der Waals surface area contributed by atoms with Gasteiger partial charge in [0.15, 0.2) is 0 Å². The molecule has 6 heteroatoms. The topological polar surface area (TPSA) is 16.3 Å². The molecule has 4 aliphatic rings. The zero-order valence-corrected chi connectivity index (χ0v) is 50.9. The van der Waals surface area contributed by atoms with Gasteiger partial charge < -0.3 is 18.8 Å². The van der Waals surface area contributed by atoms with Crippen molar-refractivity contribution < 1.29 is 0 Å². The number of nitrogens with zero attached hydrogens (tertiary/aromatic N) is 4. The van der Waals surface area contributed by atoms with Crippen molar-refractivity contribution in [1.82, 2.24) is 8.96 Å². The van der Waals surface area contributed by atoms with Crippen molar-refractivity contribution in [3.63, 3.8) is 0 Å². The Morgan fingerprint density at radius 3 is 0.943 bits per heavy atom. The Labute approximate surface area is 515 Å². The average molecular weight is 1130 g/mol. The van der Waals surface area contributed by atoms with Gasteiger partial charge in [0.25, 0.3) is 0 Å². The second kappa shape index (κ2) is 18.6. The van der Waals surface area contributed by atoms with Crippen molar-refractivity contribution in [3.8, 4) is 66.8 Å². The van der Waals surface area contributed by atoms with Crippen LogP contribution in [0.5, 0.6) is 0 Å². The van der Waals surface area contributed by atoms with Gasteiger partial charge in [0, 0.05) is 67.1 Å². The van der Waals surface area contributed by atoms with Gasteiger partial charge in [-0.3, -0.25) is 0 Å². The molecular weight excluding hydrogens is 1060 g/mol. The van der Waals surface area contributed by atoms with Crippen molar-refractivity contribution in [3.05, 3.63) is 275 Å². The molecule has 0 spiro atoms. The number of anilines is 6. The molecule has 88 heavy (non-hydrogen) atoms. The van der Waals surface area contributed by atoms with Crippen LogP contribution >= 0.6 is 0 Å². The lowest BCUT2D eigenvalue weighted by molar-refractivity contribution is 1.25. The monoisotopic (exact) mass is 1120 g/mol. The maximum atomic E-state index is 2.80. The summed E-state index contributed by atoms with van der Waals surface area (Å²) in [5, 5.41) is 2.55. The Hall–Kier alpha value is -10.3. The van der Waals surface area contributed by atoms with Crippen LogP contribution in [0, 0.1) is 55.4 Å². The van der Waals surface area contributed by atoms with Crippen LogP contribution in [0.2, 0.25) is 0 Å². The first kappa shape index (κ1) is 51.0. The average Bonchev–Trinajstić information content (AvgIpc) is 1.45. The van der Waals surface area contributed by atoms with Crippen molar-refractivity contribution in [2.24, 2.45) is 0 Å². The molecule has 4 aliphatic heterocycles. The fourth-order valence-corrected chi connectivity index (χ4v) is 16.5. The van der Waals surface area contributed by atoms with E-state index in [0.29, 0.717) is 0 Å². The number of rotatable bonds is 6. The van der Waals surface area contributed by atoms with E-state index in [0.717, 1.165) is 11.4 Å². The van der Waals surface area contributed by atoms with Crippen molar-refractivity contribution >= 4 is 103 Å². The van der Waals surface area contributed by atoms with Gasteiger partial charge in [0.1, 0.15) is 0 Å². The molecule has 0 amide bonds. The van der Waals surface area contributed by atoms with Crippen molar-refractivity contribution in [2.75, 3.05) is 9.80 Å². The van der Waals surface area contributed by atoms with Crippen LogP contribution in [0.4, 0.5) is 34.1 Å². The number of benzene rings is 12. The summed E-state index contributed by atoms with van der Waals surface area (Å²) in [6.07, 6.45) is 0. The number of aryl methyl sites for hydroxylation is 8. The Morgan fingerprint density at radius 1 is 0.250 bits per heavy atom. The van der Waals surface area contributed by atoms with Gasteiger partial charge in [-0.05, 0) is 204 Å². The molecule has 0 bridgehead atoms. The minimum atomic E-state index is -0.147. The molecule has 14 aromatic rings. The highest BCUT2D eigenvalue weighted by molar-refractivity contribution is 6.92. The third-order valence-electron chi connectivity index (χ3n) is 20.2. The number of hydrogen-bond acceptors (Lipinski definition) is 2. The lowest BCUT2D eigenvalue weighted by atomic mass is 9.45. The second-order valence-corrected chi connectivity index (χ2v) is 25.7. The molecule has 0 saturated heterocycles. The third-order valence-corrected chi connectivity index (χ3v) is 20.2. The van der Waals surface area contributed by atoms with Crippen LogP contribution in [0.1, 0.15) is 44.5 Å². The van der Waals surface area contributed by atoms with Crippen molar-refractivity contribution in [2.45, 2.75) is 55.4 Å². The summed E-state index contributed by atoms with van der Waals surface area (Å²) < 4.78 is 5.60. The number of fused-ring (bicyclic) bond motifs is 13. The smallest absolute Gasteiger partial charge is 0.333 e. The molecule has 2 aromatic heterocycles. The van der Waals surface area contributed by atoms with E-state index in [9.17, 15) is 0 Å². The second-order valence-electron chi connectivity index (χ2n) is 25.7. The lowest BCUT2D eigenvalue weighted by Gasteiger charge is -2.41. The predicted octanol–water partition coefficient (Wildman–Crippen LogP) is 18.7. The Kier molecular flexibility index (Phi) is 10.8. The standard InChI is InChI=1S/C82H62B2N4/c1-47-21-35-61(51(5)41-47)55-25-31-59(32-26-55)85-73-39-29-57(63-37-23-49(3)43-53(63)7)45-71(73)83-77-65(13-11-19-75(77)85)67-15-9-17-69-79(67)87(83)81-70-18-10-16-68-66-14-12-20-76-78(66)84(88(80(68)70)82(69)81)72-46-58(64-38-24-50(4)44-54(64)8)30-40-74(72)86(76)60-33-27-56(28-34-60)62-36-22-48(2)42-52(62)6/h9-46H,1-8H3. The summed E-state index contributed by atoms with van der Waals surface area (Å²) in [6.45, 7) is 17.4. The summed E-state index contributed by atoms with van der Waals surface area (Å²) >= 11 is 0. The maximum absolute atomic E-state index is 2.80. The highest BCUT2D eigenvalue weighted by Gasteiger charge is 2.47. The largest absolute Gasteiger partial charge is 0.374 e. The number of para-hydroxylation sites is 2.